The molecule has 0 amide bonds. The lowest BCUT2D eigenvalue weighted by Crippen LogP contribution is -2.21. The van der Waals surface area contributed by atoms with Crippen LogP contribution < -0.4 is 5.73 Å². The summed E-state index contributed by atoms with van der Waals surface area (Å²) in [7, 11) is 0. The molecule has 90 valence electrons. The van der Waals surface area contributed by atoms with Crippen LogP contribution in [0.4, 0.5) is 8.78 Å². The highest BCUT2D eigenvalue weighted by molar-refractivity contribution is 6.30. The Balaban J connectivity index is 2.82. The Bertz CT molecular complexity index is 371. The fraction of sp³-hybridized carbons (Fsp3) is 0.455. The Kier molecular flexibility index (Phi) is 4.65. The number of nitrogens with two attached hydrogens (primary N) is 1. The van der Waals surface area contributed by atoms with E-state index in [1.54, 1.807) is 0 Å². The van der Waals surface area contributed by atoms with Gasteiger partial charge in [-0.3, -0.25) is 0 Å². The maximum atomic E-state index is 13.4. The fourth-order valence-electron chi connectivity index (χ4n) is 1.21. The number of ether oxygens (including phenoxy) is 1. The molecular weight excluding hydrogens is 236 g/mol. The lowest BCUT2D eigenvalue weighted by atomic mass is 10.1. The zero-order valence-corrected chi connectivity index (χ0v) is 9.89. The molecule has 1 unspecified atom stereocenters. The van der Waals surface area contributed by atoms with E-state index in [2.05, 4.69) is 0 Å². The van der Waals surface area contributed by atoms with E-state index in [-0.39, 0.29) is 23.3 Å². The van der Waals surface area contributed by atoms with Crippen LogP contribution in [0.15, 0.2) is 12.1 Å². The molecule has 0 aliphatic heterocycles. The van der Waals surface area contributed by atoms with Crippen LogP contribution >= 0.6 is 11.6 Å². The second-order valence-electron chi connectivity index (χ2n) is 3.78. The molecule has 0 spiro atoms. The lowest BCUT2D eigenvalue weighted by Gasteiger charge is -2.15. The largest absolute Gasteiger partial charge is 0.377 e. The van der Waals surface area contributed by atoms with E-state index in [9.17, 15) is 8.78 Å². The molecule has 1 aromatic rings. The van der Waals surface area contributed by atoms with Gasteiger partial charge in [0.1, 0.15) is 11.6 Å². The summed E-state index contributed by atoms with van der Waals surface area (Å²) in [5.74, 6) is -1.30. The van der Waals surface area contributed by atoms with Crippen LogP contribution in [0.2, 0.25) is 5.02 Å². The predicted octanol–water partition coefficient (Wildman–Crippen LogP) is 3.04. The SMILES string of the molecule is CC(C)OCC(N)c1cc(F)c(Cl)cc1F. The molecule has 0 aliphatic rings. The normalized spacial score (nSPS) is 13.2. The molecular formula is C11H14ClF2NO. The van der Waals surface area contributed by atoms with E-state index in [0.29, 0.717) is 0 Å². The van der Waals surface area contributed by atoms with Gasteiger partial charge in [0.2, 0.25) is 0 Å². The van der Waals surface area contributed by atoms with Crippen molar-refractivity contribution >= 4 is 11.6 Å². The summed E-state index contributed by atoms with van der Waals surface area (Å²) in [5, 5.41) is -0.252. The molecule has 0 aromatic heterocycles. The molecule has 2 N–H and O–H groups in total. The highest BCUT2D eigenvalue weighted by Crippen LogP contribution is 2.23. The van der Waals surface area contributed by atoms with Crippen molar-refractivity contribution < 1.29 is 13.5 Å². The van der Waals surface area contributed by atoms with Gasteiger partial charge in [0.05, 0.1) is 23.8 Å². The molecule has 1 atom stereocenters. The molecule has 0 saturated carbocycles. The van der Waals surface area contributed by atoms with Crippen molar-refractivity contribution in [1.29, 1.82) is 0 Å². The van der Waals surface area contributed by atoms with E-state index in [1.165, 1.54) is 0 Å². The molecule has 0 heterocycles. The smallest absolute Gasteiger partial charge is 0.142 e. The number of hydrogen-bond acceptors (Lipinski definition) is 2. The van der Waals surface area contributed by atoms with Crippen LogP contribution in [0.25, 0.3) is 0 Å². The number of halogens is 3. The first-order chi connectivity index (χ1) is 7.41. The van der Waals surface area contributed by atoms with Gasteiger partial charge < -0.3 is 10.5 Å². The topological polar surface area (TPSA) is 35.2 Å². The predicted molar refractivity (Wildman–Crippen MR) is 59.4 cm³/mol. The van der Waals surface area contributed by atoms with Crippen LogP contribution in [0.5, 0.6) is 0 Å². The van der Waals surface area contributed by atoms with Gasteiger partial charge in [0, 0.05) is 5.56 Å². The van der Waals surface area contributed by atoms with E-state index in [1.807, 2.05) is 13.8 Å². The first kappa shape index (κ1) is 13.4. The van der Waals surface area contributed by atoms with Crippen molar-refractivity contribution in [2.24, 2.45) is 5.73 Å². The van der Waals surface area contributed by atoms with E-state index in [4.69, 9.17) is 22.1 Å². The Morgan fingerprint density at radius 2 is 1.94 bits per heavy atom. The second kappa shape index (κ2) is 5.57. The third-order valence-electron chi connectivity index (χ3n) is 2.05. The molecule has 0 bridgehead atoms. The van der Waals surface area contributed by atoms with E-state index >= 15 is 0 Å². The Labute approximate surface area is 98.3 Å². The van der Waals surface area contributed by atoms with Crippen molar-refractivity contribution in [3.63, 3.8) is 0 Å². The highest BCUT2D eigenvalue weighted by atomic mass is 35.5. The Morgan fingerprint density at radius 1 is 1.31 bits per heavy atom. The van der Waals surface area contributed by atoms with Crippen LogP contribution in [0.3, 0.4) is 0 Å². The van der Waals surface area contributed by atoms with E-state index < -0.39 is 17.7 Å². The van der Waals surface area contributed by atoms with Crippen molar-refractivity contribution in [3.8, 4) is 0 Å². The standard InChI is InChI=1S/C11H14ClF2NO/c1-6(2)16-5-11(15)7-3-10(14)8(12)4-9(7)13/h3-4,6,11H,5,15H2,1-2H3. The van der Waals surface area contributed by atoms with Crippen molar-refractivity contribution in [3.05, 3.63) is 34.4 Å². The summed E-state index contributed by atoms with van der Waals surface area (Å²) < 4.78 is 31.8. The molecule has 16 heavy (non-hydrogen) atoms. The first-order valence-electron chi connectivity index (χ1n) is 4.93. The Hall–Kier alpha value is -0.710. The van der Waals surface area contributed by atoms with Gasteiger partial charge in [-0.25, -0.2) is 8.78 Å². The molecule has 0 saturated heterocycles. The number of benzene rings is 1. The van der Waals surface area contributed by atoms with Crippen LogP contribution in [0.1, 0.15) is 25.5 Å². The summed E-state index contributed by atoms with van der Waals surface area (Å²) in [4.78, 5) is 0. The summed E-state index contributed by atoms with van der Waals surface area (Å²) >= 11 is 5.43. The van der Waals surface area contributed by atoms with Crippen molar-refractivity contribution in [1.82, 2.24) is 0 Å². The summed E-state index contributed by atoms with van der Waals surface area (Å²) in [6, 6.07) is 1.22. The molecule has 1 aromatic carbocycles. The van der Waals surface area contributed by atoms with Gasteiger partial charge in [0.25, 0.3) is 0 Å². The molecule has 2 nitrogen and oxygen atoms in total. The summed E-state index contributed by atoms with van der Waals surface area (Å²) in [5.41, 5.74) is 5.76. The second-order valence-corrected chi connectivity index (χ2v) is 4.18. The number of rotatable bonds is 4. The molecule has 0 aliphatic carbocycles. The highest BCUT2D eigenvalue weighted by Gasteiger charge is 2.15. The Morgan fingerprint density at radius 3 is 2.50 bits per heavy atom. The third kappa shape index (κ3) is 3.40. The third-order valence-corrected chi connectivity index (χ3v) is 2.34. The minimum absolute atomic E-state index is 0.00809. The lowest BCUT2D eigenvalue weighted by molar-refractivity contribution is 0.0676. The average molecular weight is 250 g/mol. The van der Waals surface area contributed by atoms with Crippen LogP contribution in [0, 0.1) is 11.6 Å². The maximum Gasteiger partial charge on any atom is 0.142 e. The van der Waals surface area contributed by atoms with Gasteiger partial charge >= 0.3 is 0 Å². The summed E-state index contributed by atoms with van der Waals surface area (Å²) in [6.07, 6.45) is -0.00809. The van der Waals surface area contributed by atoms with Crippen molar-refractivity contribution in [2.45, 2.75) is 26.0 Å². The van der Waals surface area contributed by atoms with Gasteiger partial charge in [-0.05, 0) is 26.0 Å². The van der Waals surface area contributed by atoms with Crippen LogP contribution in [-0.2, 0) is 4.74 Å². The monoisotopic (exact) mass is 249 g/mol. The quantitative estimate of drug-likeness (QED) is 0.833. The molecule has 1 rings (SSSR count). The maximum absolute atomic E-state index is 13.4. The van der Waals surface area contributed by atoms with Crippen LogP contribution in [-0.4, -0.2) is 12.7 Å². The fourth-order valence-corrected chi connectivity index (χ4v) is 1.36. The minimum Gasteiger partial charge on any atom is -0.377 e. The van der Waals surface area contributed by atoms with Gasteiger partial charge in [-0.15, -0.1) is 0 Å². The van der Waals surface area contributed by atoms with E-state index in [0.717, 1.165) is 12.1 Å². The number of hydrogen-bond donors (Lipinski definition) is 1. The van der Waals surface area contributed by atoms with Crippen molar-refractivity contribution in [2.75, 3.05) is 6.61 Å². The average Bonchev–Trinajstić information content (AvgIpc) is 2.20. The zero-order valence-electron chi connectivity index (χ0n) is 9.14. The van der Waals surface area contributed by atoms with Gasteiger partial charge in [-0.2, -0.15) is 0 Å². The summed E-state index contributed by atoms with van der Waals surface area (Å²) in [6.45, 7) is 3.81. The molecule has 0 radical (unpaired) electrons. The van der Waals surface area contributed by atoms with Gasteiger partial charge in [0.15, 0.2) is 0 Å². The molecule has 0 fully saturated rings. The van der Waals surface area contributed by atoms with Gasteiger partial charge in [-0.1, -0.05) is 11.6 Å². The zero-order chi connectivity index (χ0) is 12.3. The molecule has 5 heteroatoms. The first-order valence-corrected chi connectivity index (χ1v) is 5.31. The minimum atomic E-state index is -0.700.